The van der Waals surface area contributed by atoms with Gasteiger partial charge in [-0.1, -0.05) is 0 Å². The summed E-state index contributed by atoms with van der Waals surface area (Å²) in [6.45, 7) is 5.64. The predicted octanol–water partition coefficient (Wildman–Crippen LogP) is 3.73. The largest absolute Gasteiger partial charge is 0.460 e. The molecular formula is C20H23FN4O. The van der Waals surface area contributed by atoms with Gasteiger partial charge in [0.05, 0.1) is 6.20 Å². The number of aromatic nitrogens is 2. The van der Waals surface area contributed by atoms with E-state index in [4.69, 9.17) is 4.42 Å². The Balaban J connectivity index is 1.30. The van der Waals surface area contributed by atoms with Gasteiger partial charge in [-0.05, 0) is 55.7 Å². The van der Waals surface area contributed by atoms with Crippen molar-refractivity contribution in [1.29, 1.82) is 0 Å². The van der Waals surface area contributed by atoms with Crippen LogP contribution in [0.2, 0.25) is 0 Å². The van der Waals surface area contributed by atoms with E-state index in [1.165, 1.54) is 12.1 Å². The van der Waals surface area contributed by atoms with Crippen LogP contribution in [-0.4, -0.2) is 29.8 Å². The Hall–Kier alpha value is -2.60. The molecule has 1 saturated heterocycles. The number of benzene rings is 1. The highest BCUT2D eigenvalue weighted by Crippen LogP contribution is 2.25. The van der Waals surface area contributed by atoms with E-state index in [0.717, 1.165) is 61.1 Å². The first-order valence-electron chi connectivity index (χ1n) is 8.99. The second-order valence-corrected chi connectivity index (χ2v) is 6.89. The van der Waals surface area contributed by atoms with E-state index in [0.29, 0.717) is 5.92 Å². The molecule has 1 aliphatic rings. The summed E-state index contributed by atoms with van der Waals surface area (Å²) in [5.41, 5.74) is 3.14. The van der Waals surface area contributed by atoms with Gasteiger partial charge in [0.25, 0.3) is 0 Å². The fourth-order valence-corrected chi connectivity index (χ4v) is 3.52. The van der Waals surface area contributed by atoms with Crippen LogP contribution in [0.5, 0.6) is 0 Å². The highest BCUT2D eigenvalue weighted by Gasteiger charge is 2.22. The fourth-order valence-electron chi connectivity index (χ4n) is 3.52. The highest BCUT2D eigenvalue weighted by molar-refractivity contribution is 5.56. The first-order chi connectivity index (χ1) is 12.7. The van der Waals surface area contributed by atoms with Crippen molar-refractivity contribution in [2.24, 2.45) is 5.92 Å². The van der Waals surface area contributed by atoms with Crippen molar-refractivity contribution in [3.05, 3.63) is 59.7 Å². The number of H-pyrrole nitrogens is 1. The van der Waals surface area contributed by atoms with Crippen molar-refractivity contribution in [3.63, 3.8) is 0 Å². The van der Waals surface area contributed by atoms with Crippen LogP contribution in [0, 0.1) is 18.7 Å². The number of nitrogens with one attached hydrogen (secondary N) is 2. The van der Waals surface area contributed by atoms with E-state index in [1.807, 2.05) is 37.4 Å². The van der Waals surface area contributed by atoms with Gasteiger partial charge in [-0.15, -0.1) is 0 Å². The summed E-state index contributed by atoms with van der Waals surface area (Å²) in [6.07, 6.45) is 2.99. The lowest BCUT2D eigenvalue weighted by molar-refractivity contribution is 0.515. The molecule has 0 amide bonds. The summed E-state index contributed by atoms with van der Waals surface area (Å²) in [6, 6.07) is 10.7. The minimum atomic E-state index is -0.186. The first-order valence-corrected chi connectivity index (χ1v) is 8.99. The standard InChI is InChI=1S/C20H23FN4O/c1-14-2-7-19(26-14)20-16(12-23-24-20)11-22-10-15-8-9-25(13-15)18-5-3-17(21)4-6-18/h2-7,12,15,22H,8-11,13H2,1H3,(H,23,24)/t15-/m0/s1. The Morgan fingerprint density at radius 1 is 1.27 bits per heavy atom. The van der Waals surface area contributed by atoms with Crippen molar-refractivity contribution in [1.82, 2.24) is 15.5 Å². The maximum Gasteiger partial charge on any atom is 0.152 e. The summed E-state index contributed by atoms with van der Waals surface area (Å²) in [5.74, 6) is 2.11. The molecule has 136 valence electrons. The van der Waals surface area contributed by atoms with Gasteiger partial charge in [0.15, 0.2) is 5.76 Å². The zero-order valence-electron chi connectivity index (χ0n) is 14.8. The Morgan fingerprint density at radius 2 is 2.12 bits per heavy atom. The molecule has 0 saturated carbocycles. The van der Waals surface area contributed by atoms with Crippen molar-refractivity contribution in [2.45, 2.75) is 19.9 Å². The molecule has 26 heavy (non-hydrogen) atoms. The van der Waals surface area contributed by atoms with Gasteiger partial charge in [0.2, 0.25) is 0 Å². The Bertz CT molecular complexity index is 855. The molecule has 0 radical (unpaired) electrons. The third-order valence-corrected chi connectivity index (χ3v) is 4.93. The average Bonchev–Trinajstić information content (AvgIpc) is 3.36. The lowest BCUT2D eigenvalue weighted by atomic mass is 10.1. The molecule has 1 aliphatic heterocycles. The van der Waals surface area contributed by atoms with Crippen LogP contribution in [0.15, 0.2) is 47.0 Å². The number of anilines is 1. The third kappa shape index (κ3) is 3.65. The van der Waals surface area contributed by atoms with E-state index < -0.39 is 0 Å². The Morgan fingerprint density at radius 3 is 2.88 bits per heavy atom. The van der Waals surface area contributed by atoms with Gasteiger partial charge in [0.1, 0.15) is 17.3 Å². The normalized spacial score (nSPS) is 17.2. The average molecular weight is 354 g/mol. The molecule has 1 fully saturated rings. The van der Waals surface area contributed by atoms with Crippen LogP contribution < -0.4 is 10.2 Å². The lowest BCUT2D eigenvalue weighted by Crippen LogP contribution is -2.26. The van der Waals surface area contributed by atoms with Crippen LogP contribution in [-0.2, 0) is 6.54 Å². The molecule has 0 unspecified atom stereocenters. The summed E-state index contributed by atoms with van der Waals surface area (Å²) in [5, 5.41) is 10.7. The zero-order valence-corrected chi connectivity index (χ0v) is 14.8. The molecule has 4 rings (SSSR count). The Labute approximate surface area is 152 Å². The van der Waals surface area contributed by atoms with Crippen molar-refractivity contribution in [2.75, 3.05) is 24.5 Å². The molecule has 6 heteroatoms. The van der Waals surface area contributed by atoms with Crippen molar-refractivity contribution in [3.8, 4) is 11.5 Å². The summed E-state index contributed by atoms with van der Waals surface area (Å²) < 4.78 is 18.8. The molecule has 1 atom stereocenters. The minimum absolute atomic E-state index is 0.186. The molecule has 3 heterocycles. The fraction of sp³-hybridized carbons (Fsp3) is 0.350. The van der Waals surface area contributed by atoms with Gasteiger partial charge in [-0.3, -0.25) is 5.10 Å². The number of hydrogen-bond acceptors (Lipinski definition) is 4. The quantitative estimate of drug-likeness (QED) is 0.708. The van der Waals surface area contributed by atoms with E-state index in [-0.39, 0.29) is 5.82 Å². The smallest absolute Gasteiger partial charge is 0.152 e. The molecule has 0 aliphatic carbocycles. The van der Waals surface area contributed by atoms with E-state index >= 15 is 0 Å². The van der Waals surface area contributed by atoms with E-state index in [2.05, 4.69) is 20.4 Å². The maximum absolute atomic E-state index is 13.1. The maximum atomic E-state index is 13.1. The van der Waals surface area contributed by atoms with Gasteiger partial charge < -0.3 is 14.6 Å². The molecule has 5 nitrogen and oxygen atoms in total. The molecular weight excluding hydrogens is 331 g/mol. The zero-order chi connectivity index (χ0) is 17.9. The van der Waals surface area contributed by atoms with Crippen LogP contribution in [0.25, 0.3) is 11.5 Å². The monoisotopic (exact) mass is 354 g/mol. The van der Waals surface area contributed by atoms with Crippen LogP contribution in [0.1, 0.15) is 17.7 Å². The summed E-state index contributed by atoms with van der Waals surface area (Å²) in [4.78, 5) is 2.32. The molecule has 0 spiro atoms. The van der Waals surface area contributed by atoms with Crippen LogP contribution >= 0.6 is 0 Å². The van der Waals surface area contributed by atoms with E-state index in [1.54, 1.807) is 0 Å². The number of aryl methyl sites for hydroxylation is 1. The molecule has 3 aromatic rings. The second kappa shape index (κ2) is 7.33. The van der Waals surface area contributed by atoms with Gasteiger partial charge in [-0.2, -0.15) is 5.10 Å². The molecule has 2 N–H and O–H groups in total. The number of halogens is 1. The highest BCUT2D eigenvalue weighted by atomic mass is 19.1. The minimum Gasteiger partial charge on any atom is -0.460 e. The second-order valence-electron chi connectivity index (χ2n) is 6.89. The van der Waals surface area contributed by atoms with Crippen LogP contribution in [0.3, 0.4) is 0 Å². The lowest BCUT2D eigenvalue weighted by Gasteiger charge is -2.18. The van der Waals surface area contributed by atoms with Gasteiger partial charge >= 0.3 is 0 Å². The molecule has 1 aromatic carbocycles. The predicted molar refractivity (Wildman–Crippen MR) is 99.5 cm³/mol. The number of hydrogen-bond donors (Lipinski definition) is 2. The van der Waals surface area contributed by atoms with Crippen molar-refractivity contribution < 1.29 is 8.81 Å². The number of rotatable bonds is 6. The van der Waals surface area contributed by atoms with E-state index in [9.17, 15) is 4.39 Å². The topological polar surface area (TPSA) is 57.1 Å². The molecule has 0 bridgehead atoms. The SMILES string of the molecule is Cc1ccc(-c2[nH]ncc2CNC[C@@H]2CCN(c3ccc(F)cc3)C2)o1. The van der Waals surface area contributed by atoms with Crippen LogP contribution in [0.4, 0.5) is 10.1 Å². The van der Waals surface area contributed by atoms with Gasteiger partial charge in [0, 0.05) is 37.4 Å². The third-order valence-electron chi connectivity index (χ3n) is 4.93. The Kier molecular flexibility index (Phi) is 4.75. The molecule has 2 aromatic heterocycles. The van der Waals surface area contributed by atoms with Crippen molar-refractivity contribution >= 4 is 5.69 Å². The summed E-state index contributed by atoms with van der Waals surface area (Å²) in [7, 11) is 0. The number of furan rings is 1. The first kappa shape index (κ1) is 16.8. The summed E-state index contributed by atoms with van der Waals surface area (Å²) >= 11 is 0. The number of nitrogens with zero attached hydrogens (tertiary/aromatic N) is 2. The number of aromatic amines is 1. The van der Waals surface area contributed by atoms with Gasteiger partial charge in [-0.25, -0.2) is 4.39 Å².